The summed E-state index contributed by atoms with van der Waals surface area (Å²) in [6, 6.07) is 10.7. The summed E-state index contributed by atoms with van der Waals surface area (Å²) in [6.07, 6.45) is -10.1. The molecule has 0 spiro atoms. The fraction of sp³-hybridized carbons (Fsp3) is 0.455. The first-order valence-corrected chi connectivity index (χ1v) is 9.41. The van der Waals surface area contributed by atoms with Gasteiger partial charge in [0.1, 0.15) is 0 Å². The van der Waals surface area contributed by atoms with Gasteiger partial charge in [-0.2, -0.15) is 26.3 Å². The van der Waals surface area contributed by atoms with E-state index in [4.69, 9.17) is 4.74 Å². The molecular formula is C22H22F6O2. The summed E-state index contributed by atoms with van der Waals surface area (Å²) in [5.74, 6) is 0. The molecule has 2 aromatic rings. The minimum Gasteiger partial charge on any atom is -0.390 e. The van der Waals surface area contributed by atoms with Crippen LogP contribution in [-0.2, 0) is 22.5 Å². The molecule has 2 nitrogen and oxygen atoms in total. The van der Waals surface area contributed by atoms with Crippen molar-refractivity contribution >= 4 is 0 Å². The van der Waals surface area contributed by atoms with E-state index in [9.17, 15) is 31.4 Å². The average molecular weight is 432 g/mol. The number of alkyl halides is 6. The third kappa shape index (κ3) is 4.81. The average Bonchev–Trinajstić information content (AvgIpc) is 2.63. The number of benzene rings is 2. The highest BCUT2D eigenvalue weighted by Gasteiger charge is 2.52. The maximum absolute atomic E-state index is 13.1. The fourth-order valence-electron chi connectivity index (χ4n) is 4.18. The maximum atomic E-state index is 13.1. The molecule has 2 aromatic carbocycles. The van der Waals surface area contributed by atoms with Crippen molar-refractivity contribution in [3.8, 4) is 0 Å². The molecule has 0 aromatic heterocycles. The van der Waals surface area contributed by atoms with E-state index in [-0.39, 0.29) is 18.2 Å². The molecule has 0 aliphatic heterocycles. The molecule has 1 aliphatic rings. The predicted molar refractivity (Wildman–Crippen MR) is 98.8 cm³/mol. The number of hydrogen-bond donors (Lipinski definition) is 1. The van der Waals surface area contributed by atoms with Crippen molar-refractivity contribution in [1.82, 2.24) is 0 Å². The van der Waals surface area contributed by atoms with Crippen molar-refractivity contribution in [2.24, 2.45) is 0 Å². The third-order valence-corrected chi connectivity index (χ3v) is 5.51. The van der Waals surface area contributed by atoms with E-state index < -0.39 is 40.6 Å². The van der Waals surface area contributed by atoms with Crippen LogP contribution in [0.1, 0.15) is 55.0 Å². The van der Waals surface area contributed by atoms with Crippen LogP contribution in [0.4, 0.5) is 26.3 Å². The maximum Gasteiger partial charge on any atom is 0.416 e. The second kappa shape index (κ2) is 7.57. The number of hydrogen-bond acceptors (Lipinski definition) is 2. The van der Waals surface area contributed by atoms with Gasteiger partial charge in [-0.1, -0.05) is 30.3 Å². The summed E-state index contributed by atoms with van der Waals surface area (Å²) in [5.41, 5.74) is -3.48. The van der Waals surface area contributed by atoms with Crippen LogP contribution in [0.25, 0.3) is 0 Å². The van der Waals surface area contributed by atoms with E-state index in [0.29, 0.717) is 25.0 Å². The van der Waals surface area contributed by atoms with Crippen LogP contribution in [0.5, 0.6) is 0 Å². The summed E-state index contributed by atoms with van der Waals surface area (Å²) in [5, 5.41) is 10.2. The normalized spacial score (nSPS) is 25.6. The molecule has 1 fully saturated rings. The van der Waals surface area contributed by atoms with Crippen molar-refractivity contribution in [2.45, 2.75) is 56.2 Å². The van der Waals surface area contributed by atoms with Crippen LogP contribution in [0, 0.1) is 0 Å². The topological polar surface area (TPSA) is 29.5 Å². The molecular weight excluding hydrogens is 410 g/mol. The van der Waals surface area contributed by atoms with Crippen LogP contribution in [0.2, 0.25) is 0 Å². The summed E-state index contributed by atoms with van der Waals surface area (Å²) < 4.78 is 84.4. The molecule has 3 rings (SSSR count). The Kier molecular flexibility index (Phi) is 5.71. The van der Waals surface area contributed by atoms with E-state index in [1.54, 1.807) is 6.92 Å². The van der Waals surface area contributed by atoms with E-state index >= 15 is 0 Å². The van der Waals surface area contributed by atoms with Gasteiger partial charge in [0.2, 0.25) is 0 Å². The lowest BCUT2D eigenvalue weighted by Crippen LogP contribution is -2.55. The zero-order chi connectivity index (χ0) is 22.4. The number of aliphatic hydroxyl groups is 1. The monoisotopic (exact) mass is 432 g/mol. The largest absolute Gasteiger partial charge is 0.416 e. The first-order valence-electron chi connectivity index (χ1n) is 9.41. The van der Waals surface area contributed by atoms with Crippen molar-refractivity contribution in [3.05, 3.63) is 70.8 Å². The first kappa shape index (κ1) is 22.6. The molecule has 1 aliphatic carbocycles. The molecule has 0 unspecified atom stereocenters. The fourth-order valence-corrected chi connectivity index (χ4v) is 4.18. The zero-order valence-corrected chi connectivity index (χ0v) is 16.4. The Morgan fingerprint density at radius 2 is 1.43 bits per heavy atom. The van der Waals surface area contributed by atoms with Gasteiger partial charge in [-0.15, -0.1) is 0 Å². The van der Waals surface area contributed by atoms with Gasteiger partial charge in [0, 0.05) is 5.41 Å². The smallest absolute Gasteiger partial charge is 0.390 e. The molecule has 164 valence electrons. The molecule has 8 heteroatoms. The van der Waals surface area contributed by atoms with Gasteiger partial charge in [0.25, 0.3) is 0 Å². The Balaban J connectivity index is 1.85. The number of ether oxygens (including phenoxy) is 1. The van der Waals surface area contributed by atoms with Gasteiger partial charge in [-0.05, 0) is 56.0 Å². The Labute approximate surface area is 170 Å². The van der Waals surface area contributed by atoms with Crippen LogP contribution in [-0.4, -0.2) is 17.3 Å². The van der Waals surface area contributed by atoms with Crippen molar-refractivity contribution in [1.29, 1.82) is 0 Å². The van der Waals surface area contributed by atoms with Gasteiger partial charge >= 0.3 is 12.4 Å². The molecule has 0 heterocycles. The van der Waals surface area contributed by atoms with E-state index in [1.807, 2.05) is 30.3 Å². The molecule has 0 saturated heterocycles. The zero-order valence-electron chi connectivity index (χ0n) is 16.4. The lowest BCUT2D eigenvalue weighted by atomic mass is 9.57. The molecule has 1 N–H and O–H groups in total. The lowest BCUT2D eigenvalue weighted by molar-refractivity contribution is -0.143. The molecule has 30 heavy (non-hydrogen) atoms. The van der Waals surface area contributed by atoms with E-state index in [1.165, 1.54) is 6.92 Å². The Hall–Kier alpha value is -2.06. The van der Waals surface area contributed by atoms with Crippen molar-refractivity contribution < 1.29 is 36.2 Å². The van der Waals surface area contributed by atoms with Crippen molar-refractivity contribution in [3.63, 3.8) is 0 Å². The first-order chi connectivity index (χ1) is 13.7. The van der Waals surface area contributed by atoms with E-state index in [2.05, 4.69) is 0 Å². The highest BCUT2D eigenvalue weighted by atomic mass is 19.4. The number of rotatable bonds is 5. The van der Waals surface area contributed by atoms with E-state index in [0.717, 1.165) is 5.56 Å². The van der Waals surface area contributed by atoms with Gasteiger partial charge in [-0.25, -0.2) is 0 Å². The van der Waals surface area contributed by atoms with Gasteiger partial charge in [-0.3, -0.25) is 0 Å². The molecule has 0 amide bonds. The van der Waals surface area contributed by atoms with Crippen LogP contribution < -0.4 is 0 Å². The highest BCUT2D eigenvalue weighted by molar-refractivity contribution is 5.35. The third-order valence-electron chi connectivity index (χ3n) is 5.51. The minimum absolute atomic E-state index is 0.0614. The molecule has 0 radical (unpaired) electrons. The minimum atomic E-state index is -4.91. The second-order valence-corrected chi connectivity index (χ2v) is 8.29. The Bertz CT molecular complexity index is 846. The van der Waals surface area contributed by atoms with Crippen LogP contribution in [0.15, 0.2) is 48.5 Å². The van der Waals surface area contributed by atoms with Crippen molar-refractivity contribution in [2.75, 3.05) is 6.61 Å². The van der Waals surface area contributed by atoms with Crippen LogP contribution in [0.3, 0.4) is 0 Å². The van der Waals surface area contributed by atoms with Gasteiger partial charge < -0.3 is 9.84 Å². The second-order valence-electron chi connectivity index (χ2n) is 8.29. The van der Waals surface area contributed by atoms with Gasteiger partial charge in [0.15, 0.2) is 0 Å². The summed E-state index contributed by atoms with van der Waals surface area (Å²) in [7, 11) is 0. The number of halogens is 6. The standard InChI is InChI=1S/C22H22F6O2/c1-14(15-8-17(21(23,24)25)10-18(9-15)22(26,27)28)30-13-20(11-19(2,29)12-20)16-6-4-3-5-7-16/h3-10,14,29H,11-13H2,1-2H3/t14-,19-,20-/m1/s1. The lowest BCUT2D eigenvalue weighted by Gasteiger charge is -2.52. The highest BCUT2D eigenvalue weighted by Crippen LogP contribution is 2.51. The summed E-state index contributed by atoms with van der Waals surface area (Å²) >= 11 is 0. The molecule has 1 atom stereocenters. The quantitative estimate of drug-likeness (QED) is 0.563. The Morgan fingerprint density at radius 3 is 1.87 bits per heavy atom. The SMILES string of the molecule is C[C@@H](OC[C@]1(c2ccccc2)C[C@](C)(O)C1)c1cc(C(F)(F)F)cc(C(F)(F)F)c1. The summed E-state index contributed by atoms with van der Waals surface area (Å²) in [6.45, 7) is 3.16. The van der Waals surface area contributed by atoms with Gasteiger partial charge in [0.05, 0.1) is 29.4 Å². The van der Waals surface area contributed by atoms with Crippen LogP contribution >= 0.6 is 0 Å². The molecule has 1 saturated carbocycles. The summed E-state index contributed by atoms with van der Waals surface area (Å²) in [4.78, 5) is 0. The Morgan fingerprint density at radius 1 is 0.933 bits per heavy atom. The predicted octanol–water partition coefficient (Wildman–Crippen LogP) is 6.28. The molecule has 0 bridgehead atoms.